The molecule has 4 nitrogen and oxygen atoms in total. The summed E-state index contributed by atoms with van der Waals surface area (Å²) >= 11 is 0. The van der Waals surface area contributed by atoms with Crippen LogP contribution in [0, 0.1) is 0 Å². The average molecular weight is 456 g/mol. The number of fused-ring (bicyclic) bond motifs is 13. The SMILES string of the molecule is c1ccc2c(c1)B1c3c(ccc4c3n-2c2nc3ccccc3n42)-c2cccc3c4ccccc4n1c23. The Morgan fingerprint density at radius 1 is 0.583 bits per heavy atom. The van der Waals surface area contributed by atoms with E-state index in [4.69, 9.17) is 4.98 Å². The maximum atomic E-state index is 5.14. The molecule has 8 aromatic rings. The Hall–Kier alpha value is -4.77. The molecule has 0 atom stereocenters. The highest BCUT2D eigenvalue weighted by molar-refractivity contribution is 6.90. The van der Waals surface area contributed by atoms with E-state index in [1.54, 1.807) is 0 Å². The molecular weight excluding hydrogens is 439 g/mol. The molecule has 0 spiro atoms. The molecule has 5 aromatic carbocycles. The van der Waals surface area contributed by atoms with Crippen LogP contribution < -0.4 is 10.9 Å². The van der Waals surface area contributed by atoms with Crippen molar-refractivity contribution >= 4 is 67.4 Å². The van der Waals surface area contributed by atoms with Crippen molar-refractivity contribution in [1.82, 2.24) is 18.4 Å². The minimum absolute atomic E-state index is 0.107. The third-order valence-corrected chi connectivity index (χ3v) is 8.43. The van der Waals surface area contributed by atoms with Gasteiger partial charge in [0, 0.05) is 33.1 Å². The van der Waals surface area contributed by atoms with Crippen molar-refractivity contribution in [1.29, 1.82) is 0 Å². The van der Waals surface area contributed by atoms with Crippen LogP contribution in [0.4, 0.5) is 0 Å². The lowest BCUT2D eigenvalue weighted by Gasteiger charge is -2.32. The Kier molecular flexibility index (Phi) is 2.80. The monoisotopic (exact) mass is 456 g/mol. The number of nitrogens with zero attached hydrogens (tertiary/aromatic N) is 4. The molecule has 3 aromatic heterocycles. The fraction of sp³-hybridized carbons (Fsp3) is 0. The van der Waals surface area contributed by atoms with E-state index in [0.717, 1.165) is 16.8 Å². The van der Waals surface area contributed by atoms with Gasteiger partial charge >= 0.3 is 6.85 Å². The van der Waals surface area contributed by atoms with Gasteiger partial charge in [0.2, 0.25) is 5.78 Å². The number of hydrogen-bond donors (Lipinski definition) is 0. The Bertz CT molecular complexity index is 2280. The van der Waals surface area contributed by atoms with Gasteiger partial charge in [0.05, 0.1) is 22.1 Å². The summed E-state index contributed by atoms with van der Waals surface area (Å²) in [6.45, 7) is 0.107. The van der Waals surface area contributed by atoms with Crippen molar-refractivity contribution in [2.24, 2.45) is 0 Å². The largest absolute Gasteiger partial charge is 0.375 e. The highest BCUT2D eigenvalue weighted by atomic mass is 15.2. The second-order valence-electron chi connectivity index (χ2n) is 10.0. The fourth-order valence-corrected chi connectivity index (χ4v) is 7.14. The van der Waals surface area contributed by atoms with Gasteiger partial charge in [0.25, 0.3) is 0 Å². The van der Waals surface area contributed by atoms with E-state index in [-0.39, 0.29) is 6.85 Å². The maximum absolute atomic E-state index is 5.14. The Balaban J connectivity index is 1.52. The van der Waals surface area contributed by atoms with E-state index in [1.165, 1.54) is 60.6 Å². The normalized spacial score (nSPS) is 13.5. The molecule has 10 rings (SSSR count). The summed E-state index contributed by atoms with van der Waals surface area (Å²) in [6, 6.07) is 37.6. The fourth-order valence-electron chi connectivity index (χ4n) is 7.14. The van der Waals surface area contributed by atoms with Crippen LogP contribution in [0.25, 0.3) is 66.5 Å². The zero-order valence-corrected chi connectivity index (χ0v) is 19.2. The lowest BCUT2D eigenvalue weighted by molar-refractivity contribution is 1.11. The lowest BCUT2D eigenvalue weighted by Crippen LogP contribution is -2.55. The van der Waals surface area contributed by atoms with Gasteiger partial charge < -0.3 is 4.48 Å². The van der Waals surface area contributed by atoms with E-state index in [1.807, 2.05) is 0 Å². The van der Waals surface area contributed by atoms with Crippen LogP contribution in [0.15, 0.2) is 103 Å². The first-order chi connectivity index (χ1) is 17.9. The standard InChI is InChI=1S/C31H17BN4/c1-4-13-24-18(8-1)20-9-7-10-21-19-16-17-27-30-28(19)32(36(24)29(20)21)22-11-2-5-14-25(22)35(30)31-33-23-12-3-6-15-26(23)34(27)31/h1-17H. The Morgan fingerprint density at radius 3 is 2.36 bits per heavy atom. The van der Waals surface area contributed by atoms with Gasteiger partial charge in [-0.1, -0.05) is 72.8 Å². The van der Waals surface area contributed by atoms with Gasteiger partial charge in [-0.3, -0.25) is 8.97 Å². The lowest BCUT2D eigenvalue weighted by atomic mass is 9.45. The predicted octanol–water partition coefficient (Wildman–Crippen LogP) is 5.49. The van der Waals surface area contributed by atoms with Crippen LogP contribution in [-0.2, 0) is 0 Å². The van der Waals surface area contributed by atoms with Gasteiger partial charge in [0.1, 0.15) is 0 Å². The Morgan fingerprint density at radius 2 is 1.39 bits per heavy atom. The van der Waals surface area contributed by atoms with Gasteiger partial charge in [-0.15, -0.1) is 0 Å². The molecule has 2 aliphatic heterocycles. The van der Waals surface area contributed by atoms with E-state index >= 15 is 0 Å². The number of imidazole rings is 2. The van der Waals surface area contributed by atoms with Gasteiger partial charge in [-0.2, -0.15) is 0 Å². The van der Waals surface area contributed by atoms with Gasteiger partial charge in [-0.25, -0.2) is 4.98 Å². The molecule has 0 fully saturated rings. The first-order valence-electron chi connectivity index (χ1n) is 12.5. The summed E-state index contributed by atoms with van der Waals surface area (Å²) in [4.78, 5) is 5.14. The zero-order chi connectivity index (χ0) is 23.1. The molecule has 5 heteroatoms. The van der Waals surface area contributed by atoms with Crippen molar-refractivity contribution in [3.05, 3.63) is 103 Å². The van der Waals surface area contributed by atoms with Gasteiger partial charge in [0.15, 0.2) is 0 Å². The molecule has 0 N–H and O–H groups in total. The van der Waals surface area contributed by atoms with E-state index < -0.39 is 0 Å². The van der Waals surface area contributed by atoms with Crippen LogP contribution in [-0.4, -0.2) is 25.3 Å². The van der Waals surface area contributed by atoms with Crippen LogP contribution >= 0.6 is 0 Å². The average Bonchev–Trinajstić information content (AvgIpc) is 3.58. The number of hydrogen-bond acceptors (Lipinski definition) is 1. The predicted molar refractivity (Wildman–Crippen MR) is 148 cm³/mol. The number of aromatic nitrogens is 4. The summed E-state index contributed by atoms with van der Waals surface area (Å²) in [7, 11) is 0. The highest BCUT2D eigenvalue weighted by Gasteiger charge is 2.41. The van der Waals surface area contributed by atoms with E-state index in [9.17, 15) is 0 Å². The second-order valence-corrected chi connectivity index (χ2v) is 10.0. The Labute approximate surface area is 205 Å². The van der Waals surface area contributed by atoms with Crippen molar-refractivity contribution in [2.75, 3.05) is 0 Å². The van der Waals surface area contributed by atoms with Crippen molar-refractivity contribution in [3.63, 3.8) is 0 Å². The quantitative estimate of drug-likeness (QED) is 0.278. The molecule has 36 heavy (non-hydrogen) atoms. The summed E-state index contributed by atoms with van der Waals surface area (Å²) in [6.07, 6.45) is 0. The van der Waals surface area contributed by atoms with Crippen molar-refractivity contribution in [2.45, 2.75) is 0 Å². The smallest absolute Gasteiger partial charge is 0.333 e. The summed E-state index contributed by atoms with van der Waals surface area (Å²) in [5.41, 5.74) is 13.8. The highest BCUT2D eigenvalue weighted by Crippen LogP contribution is 2.42. The van der Waals surface area contributed by atoms with Gasteiger partial charge in [-0.05, 0) is 46.8 Å². The maximum Gasteiger partial charge on any atom is 0.333 e. The summed E-state index contributed by atoms with van der Waals surface area (Å²) in [5.74, 6) is 0.979. The molecule has 2 aliphatic rings. The molecule has 0 aliphatic carbocycles. The van der Waals surface area contributed by atoms with E-state index in [2.05, 4.69) is 117 Å². The summed E-state index contributed by atoms with van der Waals surface area (Å²) < 4.78 is 7.34. The molecule has 0 saturated heterocycles. The number of benzene rings is 5. The topological polar surface area (TPSA) is 27.2 Å². The van der Waals surface area contributed by atoms with Crippen LogP contribution in [0.3, 0.4) is 0 Å². The molecular formula is C31H17BN4. The molecule has 0 saturated carbocycles. The minimum Gasteiger partial charge on any atom is -0.375 e. The van der Waals surface area contributed by atoms with Crippen LogP contribution in [0.2, 0.25) is 0 Å². The molecule has 0 radical (unpaired) electrons. The van der Waals surface area contributed by atoms with Crippen LogP contribution in [0.1, 0.15) is 0 Å². The van der Waals surface area contributed by atoms with Crippen molar-refractivity contribution in [3.8, 4) is 16.8 Å². The number of para-hydroxylation sites is 5. The minimum atomic E-state index is 0.107. The van der Waals surface area contributed by atoms with Crippen molar-refractivity contribution < 1.29 is 0 Å². The molecule has 5 heterocycles. The molecule has 0 amide bonds. The van der Waals surface area contributed by atoms with Crippen LogP contribution in [0.5, 0.6) is 0 Å². The summed E-state index contributed by atoms with van der Waals surface area (Å²) in [5, 5.41) is 2.64. The molecule has 164 valence electrons. The van der Waals surface area contributed by atoms with E-state index in [0.29, 0.717) is 0 Å². The molecule has 0 bridgehead atoms. The second kappa shape index (κ2) is 5.72. The first kappa shape index (κ1) is 17.6. The number of rotatable bonds is 0. The molecule has 0 unspecified atom stereocenters. The zero-order valence-electron chi connectivity index (χ0n) is 19.2. The third kappa shape index (κ3) is 1.76. The first-order valence-corrected chi connectivity index (χ1v) is 12.5. The third-order valence-electron chi connectivity index (χ3n) is 8.43.